The highest BCUT2D eigenvalue weighted by Gasteiger charge is 2.60. The minimum Gasteiger partial charge on any atom is -0.385 e. The number of methoxy groups -OCH3 is 1. The van der Waals surface area contributed by atoms with Gasteiger partial charge in [0.15, 0.2) is 0 Å². The van der Waals surface area contributed by atoms with Crippen molar-refractivity contribution in [2.24, 2.45) is 16.7 Å². The van der Waals surface area contributed by atoms with Gasteiger partial charge in [0.25, 0.3) is 0 Å². The van der Waals surface area contributed by atoms with Gasteiger partial charge in [0, 0.05) is 19.8 Å². The lowest BCUT2D eigenvalue weighted by Gasteiger charge is -2.39. The van der Waals surface area contributed by atoms with Gasteiger partial charge in [0.1, 0.15) is 0 Å². The monoisotopic (exact) mass is 225 g/mol. The third-order valence-electron chi connectivity index (χ3n) is 5.71. The molecule has 0 heterocycles. The summed E-state index contributed by atoms with van der Waals surface area (Å²) in [5.41, 5.74) is 1.05. The first-order valence-electron chi connectivity index (χ1n) is 6.74. The lowest BCUT2D eigenvalue weighted by Crippen LogP contribution is -2.44. The number of fused-ring (bicyclic) bond motifs is 2. The van der Waals surface area contributed by atoms with Crippen molar-refractivity contribution in [1.82, 2.24) is 5.32 Å². The van der Waals surface area contributed by atoms with Gasteiger partial charge in [0.05, 0.1) is 0 Å². The van der Waals surface area contributed by atoms with Gasteiger partial charge in [-0.3, -0.25) is 0 Å². The molecule has 0 radical (unpaired) electrons. The average molecular weight is 225 g/mol. The van der Waals surface area contributed by atoms with E-state index in [4.69, 9.17) is 4.74 Å². The first-order chi connectivity index (χ1) is 7.52. The Labute approximate surface area is 100 Å². The van der Waals surface area contributed by atoms with Gasteiger partial charge in [-0.1, -0.05) is 20.8 Å². The van der Waals surface area contributed by atoms with Gasteiger partial charge >= 0.3 is 0 Å². The predicted molar refractivity (Wildman–Crippen MR) is 67.5 cm³/mol. The molecule has 0 saturated heterocycles. The molecule has 3 atom stereocenters. The third kappa shape index (κ3) is 1.70. The van der Waals surface area contributed by atoms with E-state index in [1.807, 2.05) is 0 Å². The fourth-order valence-corrected chi connectivity index (χ4v) is 4.01. The molecule has 0 aromatic rings. The molecule has 1 N–H and O–H groups in total. The quantitative estimate of drug-likeness (QED) is 0.726. The van der Waals surface area contributed by atoms with Crippen LogP contribution >= 0.6 is 0 Å². The smallest absolute Gasteiger partial charge is 0.0474 e. The molecular formula is C14H27NO. The average Bonchev–Trinajstić information content (AvgIpc) is 2.57. The van der Waals surface area contributed by atoms with E-state index < -0.39 is 0 Å². The van der Waals surface area contributed by atoms with Crippen LogP contribution in [-0.4, -0.2) is 26.3 Å². The second kappa shape index (κ2) is 4.30. The Bertz CT molecular complexity index is 251. The second-order valence-electron chi connectivity index (χ2n) is 6.46. The van der Waals surface area contributed by atoms with Crippen molar-refractivity contribution < 1.29 is 4.74 Å². The molecule has 94 valence electrons. The highest BCUT2D eigenvalue weighted by atomic mass is 16.5. The van der Waals surface area contributed by atoms with Gasteiger partial charge in [-0.15, -0.1) is 0 Å². The Morgan fingerprint density at radius 2 is 2.06 bits per heavy atom. The molecule has 0 aromatic heterocycles. The maximum absolute atomic E-state index is 5.09. The molecule has 2 rings (SSSR count). The van der Waals surface area contributed by atoms with Crippen molar-refractivity contribution in [3.05, 3.63) is 0 Å². The van der Waals surface area contributed by atoms with Gasteiger partial charge in [-0.2, -0.15) is 0 Å². The Morgan fingerprint density at radius 1 is 1.31 bits per heavy atom. The summed E-state index contributed by atoms with van der Waals surface area (Å²) in [5, 5.41) is 3.76. The summed E-state index contributed by atoms with van der Waals surface area (Å²) in [5.74, 6) is 0.942. The largest absolute Gasteiger partial charge is 0.385 e. The number of nitrogens with one attached hydrogen (secondary N) is 1. The maximum atomic E-state index is 5.09. The van der Waals surface area contributed by atoms with Crippen molar-refractivity contribution in [2.45, 2.75) is 52.5 Å². The highest BCUT2D eigenvalue weighted by Crippen LogP contribution is 2.65. The number of hydrogen-bond donors (Lipinski definition) is 1. The highest BCUT2D eigenvalue weighted by molar-refractivity contribution is 5.12. The van der Waals surface area contributed by atoms with Crippen LogP contribution in [0.1, 0.15) is 46.5 Å². The van der Waals surface area contributed by atoms with E-state index in [9.17, 15) is 0 Å². The van der Waals surface area contributed by atoms with Crippen molar-refractivity contribution in [2.75, 3.05) is 20.3 Å². The number of ether oxygens (including phenoxy) is 1. The molecule has 2 fully saturated rings. The van der Waals surface area contributed by atoms with E-state index in [2.05, 4.69) is 26.1 Å². The van der Waals surface area contributed by atoms with Crippen LogP contribution in [0.4, 0.5) is 0 Å². The SMILES string of the molecule is COCCCNC1CC2CC[C@]1(C)C2(C)C. The summed E-state index contributed by atoms with van der Waals surface area (Å²) < 4.78 is 5.09. The standard InChI is InChI=1S/C14H27NO/c1-13(2)11-6-7-14(13,3)12(10-11)15-8-5-9-16-4/h11-12,15H,5-10H2,1-4H3/t11?,12?,14-/m0/s1. The van der Waals surface area contributed by atoms with E-state index in [0.717, 1.165) is 31.5 Å². The molecule has 0 amide bonds. The van der Waals surface area contributed by atoms with Crippen LogP contribution < -0.4 is 5.32 Å². The van der Waals surface area contributed by atoms with E-state index in [0.29, 0.717) is 10.8 Å². The molecule has 2 bridgehead atoms. The van der Waals surface area contributed by atoms with Gasteiger partial charge in [0.2, 0.25) is 0 Å². The summed E-state index contributed by atoms with van der Waals surface area (Å²) in [7, 11) is 1.78. The van der Waals surface area contributed by atoms with Gasteiger partial charge in [-0.05, 0) is 49.0 Å². The Hall–Kier alpha value is -0.0800. The predicted octanol–water partition coefficient (Wildman–Crippen LogP) is 2.83. The lowest BCUT2D eigenvalue weighted by molar-refractivity contribution is 0.119. The molecule has 2 aliphatic carbocycles. The van der Waals surface area contributed by atoms with Crippen LogP contribution in [0, 0.1) is 16.7 Å². The van der Waals surface area contributed by atoms with E-state index in [-0.39, 0.29) is 0 Å². The zero-order valence-corrected chi connectivity index (χ0v) is 11.3. The molecule has 0 spiro atoms. The fourth-order valence-electron chi connectivity index (χ4n) is 4.01. The zero-order chi connectivity index (χ0) is 11.8. The van der Waals surface area contributed by atoms with Crippen LogP contribution in [-0.2, 0) is 4.74 Å². The van der Waals surface area contributed by atoms with Crippen LogP contribution in [0.15, 0.2) is 0 Å². The normalized spacial score (nSPS) is 40.5. The molecule has 16 heavy (non-hydrogen) atoms. The van der Waals surface area contributed by atoms with E-state index >= 15 is 0 Å². The molecule has 0 aromatic carbocycles. The third-order valence-corrected chi connectivity index (χ3v) is 5.71. The zero-order valence-electron chi connectivity index (χ0n) is 11.3. The molecule has 2 nitrogen and oxygen atoms in total. The summed E-state index contributed by atoms with van der Waals surface area (Å²) >= 11 is 0. The molecular weight excluding hydrogens is 198 g/mol. The molecule has 2 saturated carbocycles. The maximum Gasteiger partial charge on any atom is 0.0474 e. The Morgan fingerprint density at radius 3 is 2.56 bits per heavy atom. The van der Waals surface area contributed by atoms with Gasteiger partial charge < -0.3 is 10.1 Å². The molecule has 2 aliphatic rings. The van der Waals surface area contributed by atoms with Crippen LogP contribution in [0.3, 0.4) is 0 Å². The summed E-state index contributed by atoms with van der Waals surface area (Å²) in [4.78, 5) is 0. The van der Waals surface area contributed by atoms with Crippen LogP contribution in [0.25, 0.3) is 0 Å². The van der Waals surface area contributed by atoms with Crippen LogP contribution in [0.5, 0.6) is 0 Å². The summed E-state index contributed by atoms with van der Waals surface area (Å²) in [6.07, 6.45) is 5.37. The Kier molecular flexibility index (Phi) is 3.33. The van der Waals surface area contributed by atoms with Gasteiger partial charge in [-0.25, -0.2) is 0 Å². The lowest BCUT2D eigenvalue weighted by atomic mass is 9.69. The van der Waals surface area contributed by atoms with Crippen molar-refractivity contribution >= 4 is 0 Å². The minimum absolute atomic E-state index is 0.519. The first-order valence-corrected chi connectivity index (χ1v) is 6.74. The molecule has 0 aliphatic heterocycles. The van der Waals surface area contributed by atoms with Crippen molar-refractivity contribution in [1.29, 1.82) is 0 Å². The molecule has 2 unspecified atom stereocenters. The van der Waals surface area contributed by atoms with Crippen molar-refractivity contribution in [3.63, 3.8) is 0 Å². The van der Waals surface area contributed by atoms with Crippen LogP contribution in [0.2, 0.25) is 0 Å². The summed E-state index contributed by atoms with van der Waals surface area (Å²) in [6, 6.07) is 0.734. The second-order valence-corrected chi connectivity index (χ2v) is 6.46. The van der Waals surface area contributed by atoms with E-state index in [1.54, 1.807) is 7.11 Å². The van der Waals surface area contributed by atoms with Crippen molar-refractivity contribution in [3.8, 4) is 0 Å². The molecule has 2 heteroatoms. The summed E-state index contributed by atoms with van der Waals surface area (Å²) in [6.45, 7) is 9.43. The van der Waals surface area contributed by atoms with E-state index in [1.165, 1.54) is 19.3 Å². The number of rotatable bonds is 5. The first kappa shape index (κ1) is 12.4. The fraction of sp³-hybridized carbons (Fsp3) is 1.00. The topological polar surface area (TPSA) is 21.3 Å². The minimum atomic E-state index is 0.519. The Balaban J connectivity index is 1.89. The number of hydrogen-bond acceptors (Lipinski definition) is 2.